The highest BCUT2D eigenvalue weighted by molar-refractivity contribution is 7.93. The third-order valence-electron chi connectivity index (χ3n) is 3.12. The lowest BCUT2D eigenvalue weighted by Crippen LogP contribution is -2.04. The molecule has 3 rings (SSSR count). The van der Waals surface area contributed by atoms with E-state index in [-0.39, 0.29) is 9.10 Å². The van der Waals surface area contributed by atoms with Gasteiger partial charge in [-0.3, -0.25) is 0 Å². The molecule has 0 spiro atoms. The van der Waals surface area contributed by atoms with Gasteiger partial charge in [-0.2, -0.15) is 0 Å². The molecule has 0 atom stereocenters. The van der Waals surface area contributed by atoms with E-state index in [9.17, 15) is 8.42 Å². The van der Waals surface area contributed by atoms with Crippen LogP contribution in [0.2, 0.25) is 0 Å². The van der Waals surface area contributed by atoms with Gasteiger partial charge in [-0.1, -0.05) is 6.07 Å². The highest BCUT2D eigenvalue weighted by Crippen LogP contribution is 2.32. The van der Waals surface area contributed by atoms with Crippen LogP contribution in [0.5, 0.6) is 0 Å². The highest BCUT2D eigenvalue weighted by Gasteiger charge is 2.29. The van der Waals surface area contributed by atoms with E-state index >= 15 is 0 Å². The standard InChI is InChI=1S/C13H14N4O2S2/c1-8-7-9(2)17-13(15-8)11(12(14-3)16-17)21(18,19)10-5-4-6-20-10/h4-7H,1-3H3,(H,14,16). The van der Waals surface area contributed by atoms with Gasteiger partial charge in [0.15, 0.2) is 16.4 Å². The van der Waals surface area contributed by atoms with Gasteiger partial charge in [0.05, 0.1) is 0 Å². The molecule has 0 aliphatic rings. The number of anilines is 1. The number of sulfone groups is 1. The second-order valence-electron chi connectivity index (χ2n) is 4.64. The molecule has 21 heavy (non-hydrogen) atoms. The minimum atomic E-state index is -3.64. The van der Waals surface area contributed by atoms with E-state index in [0.29, 0.717) is 11.5 Å². The molecule has 8 heteroatoms. The molecule has 1 N–H and O–H groups in total. The van der Waals surface area contributed by atoms with Gasteiger partial charge in [-0.05, 0) is 31.4 Å². The SMILES string of the molecule is CNc1nn2c(C)cc(C)nc2c1S(=O)(=O)c1cccs1. The summed E-state index contributed by atoms with van der Waals surface area (Å²) in [7, 11) is -1.99. The average Bonchev–Trinajstić information content (AvgIpc) is 3.05. The van der Waals surface area contributed by atoms with Crippen LogP contribution in [0.1, 0.15) is 11.4 Å². The lowest BCUT2D eigenvalue weighted by molar-refractivity contribution is 0.599. The first-order chi connectivity index (χ1) is 9.95. The molecule has 0 aromatic carbocycles. The Kier molecular flexibility index (Phi) is 3.22. The number of thiophene rings is 1. The van der Waals surface area contributed by atoms with Crippen LogP contribution in [0, 0.1) is 13.8 Å². The zero-order chi connectivity index (χ0) is 15.2. The minimum absolute atomic E-state index is 0.124. The Bertz CT molecular complexity index is 911. The fourth-order valence-electron chi connectivity index (χ4n) is 2.23. The maximum atomic E-state index is 12.8. The van der Waals surface area contributed by atoms with Crippen molar-refractivity contribution >= 4 is 32.6 Å². The maximum absolute atomic E-state index is 12.8. The van der Waals surface area contributed by atoms with Gasteiger partial charge >= 0.3 is 0 Å². The zero-order valence-corrected chi connectivity index (χ0v) is 13.4. The molecule has 0 aliphatic heterocycles. The van der Waals surface area contributed by atoms with Crippen molar-refractivity contribution in [1.29, 1.82) is 0 Å². The molecule has 0 unspecified atom stereocenters. The van der Waals surface area contributed by atoms with Gasteiger partial charge in [-0.25, -0.2) is 17.9 Å². The number of rotatable bonds is 3. The molecule has 6 nitrogen and oxygen atoms in total. The second kappa shape index (κ2) is 4.81. The van der Waals surface area contributed by atoms with Crippen LogP contribution in [-0.2, 0) is 9.84 Å². The van der Waals surface area contributed by atoms with Crippen LogP contribution in [-0.4, -0.2) is 30.1 Å². The zero-order valence-electron chi connectivity index (χ0n) is 11.8. The Morgan fingerprint density at radius 3 is 2.71 bits per heavy atom. The van der Waals surface area contributed by atoms with Crippen molar-refractivity contribution in [3.05, 3.63) is 35.0 Å². The number of nitrogens with one attached hydrogen (secondary N) is 1. The first-order valence-electron chi connectivity index (χ1n) is 6.28. The van der Waals surface area contributed by atoms with Gasteiger partial charge in [0.2, 0.25) is 9.84 Å². The molecule has 3 heterocycles. The number of hydrogen-bond donors (Lipinski definition) is 1. The van der Waals surface area contributed by atoms with Crippen molar-refractivity contribution in [2.24, 2.45) is 0 Å². The summed E-state index contributed by atoms with van der Waals surface area (Å²) in [5.74, 6) is 0.310. The van der Waals surface area contributed by atoms with Crippen molar-refractivity contribution in [3.63, 3.8) is 0 Å². The Balaban J connectivity index is 2.42. The Hall–Kier alpha value is -1.93. The molecule has 3 aromatic rings. The summed E-state index contributed by atoms with van der Waals surface area (Å²) in [5, 5.41) is 8.91. The summed E-state index contributed by atoms with van der Waals surface area (Å²) in [6.45, 7) is 3.70. The van der Waals surface area contributed by atoms with Gasteiger partial charge in [0, 0.05) is 18.4 Å². The quantitative estimate of drug-likeness (QED) is 0.800. The van der Waals surface area contributed by atoms with E-state index < -0.39 is 9.84 Å². The molecular weight excluding hydrogens is 308 g/mol. The van der Waals surface area contributed by atoms with Gasteiger partial charge in [0.25, 0.3) is 0 Å². The predicted molar refractivity (Wildman–Crippen MR) is 81.8 cm³/mol. The lowest BCUT2D eigenvalue weighted by Gasteiger charge is -2.03. The first-order valence-corrected chi connectivity index (χ1v) is 8.64. The van der Waals surface area contributed by atoms with Gasteiger partial charge in [-0.15, -0.1) is 16.4 Å². The summed E-state index contributed by atoms with van der Waals surface area (Å²) < 4.78 is 27.5. The largest absolute Gasteiger partial charge is 0.370 e. The van der Waals surface area contributed by atoms with Crippen molar-refractivity contribution < 1.29 is 8.42 Å². The third-order valence-corrected chi connectivity index (χ3v) is 6.31. The Labute approximate surface area is 126 Å². The molecule has 0 fully saturated rings. The predicted octanol–water partition coefficient (Wildman–Crippen LogP) is 2.28. The van der Waals surface area contributed by atoms with Gasteiger partial charge < -0.3 is 5.32 Å². The fourth-order valence-corrected chi connectivity index (χ4v) is 4.83. The Morgan fingerprint density at radius 1 is 1.33 bits per heavy atom. The molecule has 0 bridgehead atoms. The summed E-state index contributed by atoms with van der Waals surface area (Å²) in [4.78, 5) is 4.49. The van der Waals surface area contributed by atoms with Crippen LogP contribution in [0.15, 0.2) is 32.7 Å². The van der Waals surface area contributed by atoms with Crippen molar-refractivity contribution in [2.75, 3.05) is 12.4 Å². The van der Waals surface area contributed by atoms with E-state index in [1.54, 1.807) is 29.1 Å². The number of nitrogens with zero attached hydrogens (tertiary/aromatic N) is 3. The molecule has 0 saturated carbocycles. The molecule has 0 amide bonds. The van der Waals surface area contributed by atoms with E-state index in [1.165, 1.54) is 11.3 Å². The Morgan fingerprint density at radius 2 is 2.10 bits per heavy atom. The maximum Gasteiger partial charge on any atom is 0.223 e. The van der Waals surface area contributed by atoms with Crippen molar-refractivity contribution in [1.82, 2.24) is 14.6 Å². The lowest BCUT2D eigenvalue weighted by atomic mass is 10.3. The molecule has 0 radical (unpaired) electrons. The van der Waals surface area contributed by atoms with Crippen molar-refractivity contribution in [2.45, 2.75) is 23.0 Å². The van der Waals surface area contributed by atoms with E-state index in [4.69, 9.17) is 0 Å². The summed E-state index contributed by atoms with van der Waals surface area (Å²) in [5.41, 5.74) is 1.94. The van der Waals surface area contributed by atoms with Crippen LogP contribution in [0.25, 0.3) is 5.65 Å². The minimum Gasteiger partial charge on any atom is -0.370 e. The van der Waals surface area contributed by atoms with Crippen LogP contribution < -0.4 is 5.32 Å². The second-order valence-corrected chi connectivity index (χ2v) is 7.70. The summed E-state index contributed by atoms with van der Waals surface area (Å²) in [6.07, 6.45) is 0. The number of fused-ring (bicyclic) bond motifs is 1. The molecule has 3 aromatic heterocycles. The molecular formula is C13H14N4O2S2. The molecule has 0 saturated heterocycles. The summed E-state index contributed by atoms with van der Waals surface area (Å²) in [6, 6.07) is 5.17. The fraction of sp³-hybridized carbons (Fsp3) is 0.231. The normalized spacial score (nSPS) is 12.0. The number of aryl methyl sites for hydroxylation is 2. The van der Waals surface area contributed by atoms with E-state index in [0.717, 1.165) is 11.4 Å². The number of aromatic nitrogens is 3. The van der Waals surface area contributed by atoms with Crippen LogP contribution >= 0.6 is 11.3 Å². The first kappa shape index (κ1) is 14.0. The highest BCUT2D eigenvalue weighted by atomic mass is 32.2. The van der Waals surface area contributed by atoms with Crippen LogP contribution in [0.3, 0.4) is 0 Å². The van der Waals surface area contributed by atoms with E-state index in [2.05, 4.69) is 15.4 Å². The monoisotopic (exact) mass is 322 g/mol. The summed E-state index contributed by atoms with van der Waals surface area (Å²) >= 11 is 1.18. The van der Waals surface area contributed by atoms with Crippen LogP contribution in [0.4, 0.5) is 5.82 Å². The average molecular weight is 322 g/mol. The molecule has 0 aliphatic carbocycles. The third kappa shape index (κ3) is 2.11. The smallest absolute Gasteiger partial charge is 0.223 e. The van der Waals surface area contributed by atoms with Crippen molar-refractivity contribution in [3.8, 4) is 0 Å². The van der Waals surface area contributed by atoms with Gasteiger partial charge in [0.1, 0.15) is 4.21 Å². The number of hydrogen-bond acceptors (Lipinski definition) is 6. The molecule has 110 valence electrons. The topological polar surface area (TPSA) is 76.4 Å². The van der Waals surface area contributed by atoms with E-state index in [1.807, 2.05) is 19.9 Å².